The summed E-state index contributed by atoms with van der Waals surface area (Å²) in [6.07, 6.45) is 0.146. The number of aromatic nitrogens is 5. The maximum absolute atomic E-state index is 12.7. The molecule has 0 bridgehead atoms. The molecular weight excluding hydrogens is 364 g/mol. The Morgan fingerprint density at radius 1 is 1.30 bits per heavy atom. The first-order chi connectivity index (χ1) is 12.8. The van der Waals surface area contributed by atoms with Gasteiger partial charge in [-0.1, -0.05) is 31.2 Å². The van der Waals surface area contributed by atoms with Crippen LogP contribution in [0.15, 0.2) is 24.3 Å². The zero-order valence-corrected chi connectivity index (χ0v) is 16.4. The van der Waals surface area contributed by atoms with Crippen LogP contribution in [-0.2, 0) is 11.2 Å². The van der Waals surface area contributed by atoms with E-state index in [1.807, 2.05) is 45.0 Å². The van der Waals surface area contributed by atoms with E-state index in [1.54, 1.807) is 4.68 Å². The van der Waals surface area contributed by atoms with Crippen molar-refractivity contribution >= 4 is 28.4 Å². The van der Waals surface area contributed by atoms with E-state index < -0.39 is 5.91 Å². The summed E-state index contributed by atoms with van der Waals surface area (Å²) < 4.78 is 5.77. The molecule has 0 radical (unpaired) electrons. The van der Waals surface area contributed by atoms with Crippen LogP contribution in [-0.4, -0.2) is 36.0 Å². The second-order valence-electron chi connectivity index (χ2n) is 6.58. The smallest absolute Gasteiger partial charge is 0.279 e. The normalized spacial score (nSPS) is 11.0. The summed E-state index contributed by atoms with van der Waals surface area (Å²) in [5.41, 5.74) is 2.90. The highest BCUT2D eigenvalue weighted by Gasteiger charge is 2.24. The van der Waals surface area contributed by atoms with Gasteiger partial charge in [-0.05, 0) is 37.5 Å². The molecule has 140 valence electrons. The quantitative estimate of drug-likeness (QED) is 0.701. The van der Waals surface area contributed by atoms with Crippen molar-refractivity contribution in [1.29, 1.82) is 0 Å². The first-order valence-electron chi connectivity index (χ1n) is 8.51. The van der Waals surface area contributed by atoms with E-state index in [-0.39, 0.29) is 23.8 Å². The molecule has 8 nitrogen and oxygen atoms in total. The van der Waals surface area contributed by atoms with E-state index in [1.165, 1.54) is 6.92 Å². The van der Waals surface area contributed by atoms with Crippen LogP contribution in [0.3, 0.4) is 0 Å². The lowest BCUT2D eigenvalue weighted by atomic mass is 10.1. The first-order valence-corrected chi connectivity index (χ1v) is 9.28. The second kappa shape index (κ2) is 7.75. The molecule has 0 spiro atoms. The number of carbonyl (C=O) groups excluding carboxylic acids is 2. The minimum atomic E-state index is -0.400. The number of aryl methyl sites for hydroxylation is 1. The molecule has 1 amide bonds. The fraction of sp³-hybridized carbons (Fsp3) is 0.333. The Balaban J connectivity index is 1.89. The van der Waals surface area contributed by atoms with E-state index in [2.05, 4.69) is 25.0 Å². The van der Waals surface area contributed by atoms with Crippen molar-refractivity contribution in [3.8, 4) is 5.69 Å². The Labute approximate surface area is 160 Å². The van der Waals surface area contributed by atoms with Crippen LogP contribution in [0.25, 0.3) is 5.69 Å². The minimum absolute atomic E-state index is 0.0314. The van der Waals surface area contributed by atoms with E-state index in [0.717, 1.165) is 22.8 Å². The molecule has 2 heterocycles. The van der Waals surface area contributed by atoms with E-state index in [9.17, 15) is 9.59 Å². The van der Waals surface area contributed by atoms with Crippen molar-refractivity contribution in [2.24, 2.45) is 0 Å². The molecule has 0 aliphatic heterocycles. The van der Waals surface area contributed by atoms with Gasteiger partial charge in [0, 0.05) is 11.5 Å². The number of hydrogen-bond donors (Lipinski definition) is 1. The van der Waals surface area contributed by atoms with Crippen LogP contribution in [0.5, 0.6) is 0 Å². The van der Waals surface area contributed by atoms with Gasteiger partial charge in [0.05, 0.1) is 17.8 Å². The van der Waals surface area contributed by atoms with Crippen LogP contribution in [0.4, 0.5) is 5.13 Å². The molecule has 3 aromatic rings. The largest absolute Gasteiger partial charge is 0.300 e. The molecule has 27 heavy (non-hydrogen) atoms. The minimum Gasteiger partial charge on any atom is -0.300 e. The van der Waals surface area contributed by atoms with E-state index in [4.69, 9.17) is 0 Å². The summed E-state index contributed by atoms with van der Waals surface area (Å²) >= 11 is 1.03. The second-order valence-corrected chi connectivity index (χ2v) is 7.33. The number of ketones is 1. The van der Waals surface area contributed by atoms with Gasteiger partial charge in [0.1, 0.15) is 5.78 Å². The average Bonchev–Trinajstić information content (AvgIpc) is 3.21. The fourth-order valence-corrected chi connectivity index (χ4v) is 3.26. The standard InChI is InChI=1S/C18H20N6O2S/c1-10(2)16-15(21-23-24(16)13-7-5-6-11(3)8-13)17(26)20-18-19-14(22-27-18)9-12(4)25/h5-8,10H,9H2,1-4H3,(H,19,20,22,26). The molecule has 9 heteroatoms. The summed E-state index contributed by atoms with van der Waals surface area (Å²) in [4.78, 5) is 28.1. The maximum atomic E-state index is 12.7. The molecule has 1 aromatic carbocycles. The van der Waals surface area contributed by atoms with Crippen molar-refractivity contribution in [2.75, 3.05) is 5.32 Å². The SMILES string of the molecule is CC(=O)Cc1nsc(NC(=O)c2nnn(-c3cccc(C)c3)c2C(C)C)n1. The highest BCUT2D eigenvalue weighted by molar-refractivity contribution is 7.09. The molecule has 2 aromatic heterocycles. The molecule has 0 atom stereocenters. The maximum Gasteiger partial charge on any atom is 0.279 e. The topological polar surface area (TPSA) is 103 Å². The Morgan fingerprint density at radius 2 is 2.07 bits per heavy atom. The van der Waals surface area contributed by atoms with Gasteiger partial charge in [-0.25, -0.2) is 9.67 Å². The van der Waals surface area contributed by atoms with Crippen molar-refractivity contribution in [1.82, 2.24) is 24.4 Å². The molecular formula is C18H20N6O2S. The molecule has 1 N–H and O–H groups in total. The highest BCUT2D eigenvalue weighted by Crippen LogP contribution is 2.23. The number of benzene rings is 1. The van der Waals surface area contributed by atoms with Gasteiger partial charge in [-0.3, -0.25) is 14.9 Å². The van der Waals surface area contributed by atoms with Crippen molar-refractivity contribution in [3.63, 3.8) is 0 Å². The average molecular weight is 384 g/mol. The monoisotopic (exact) mass is 384 g/mol. The number of nitrogens with one attached hydrogen (secondary N) is 1. The lowest BCUT2D eigenvalue weighted by Gasteiger charge is -2.11. The summed E-state index contributed by atoms with van der Waals surface area (Å²) in [7, 11) is 0. The Bertz CT molecular complexity index is 991. The predicted octanol–water partition coefficient (Wildman–Crippen LogP) is 2.93. The Kier molecular flexibility index (Phi) is 5.41. The highest BCUT2D eigenvalue weighted by atomic mass is 32.1. The third-order valence-electron chi connectivity index (χ3n) is 3.81. The van der Waals surface area contributed by atoms with Crippen LogP contribution in [0, 0.1) is 6.92 Å². The summed E-state index contributed by atoms with van der Waals surface area (Å²) in [5, 5.41) is 11.3. The van der Waals surface area contributed by atoms with Crippen LogP contribution >= 0.6 is 11.5 Å². The number of nitrogens with zero attached hydrogens (tertiary/aromatic N) is 5. The van der Waals surface area contributed by atoms with Crippen LogP contribution in [0.1, 0.15) is 54.3 Å². The molecule has 0 saturated heterocycles. The van der Waals surface area contributed by atoms with E-state index >= 15 is 0 Å². The van der Waals surface area contributed by atoms with Gasteiger partial charge in [-0.15, -0.1) is 5.10 Å². The van der Waals surface area contributed by atoms with Crippen LogP contribution in [0.2, 0.25) is 0 Å². The third kappa shape index (κ3) is 4.25. The summed E-state index contributed by atoms with van der Waals surface area (Å²) in [6, 6.07) is 7.85. The van der Waals surface area contributed by atoms with Crippen molar-refractivity contribution in [2.45, 2.75) is 40.0 Å². The number of hydrogen-bond acceptors (Lipinski definition) is 7. The number of Topliss-reactive ketones (excluding diaryl/α,β-unsaturated/α-hetero) is 1. The lowest BCUT2D eigenvalue weighted by Crippen LogP contribution is -2.16. The number of rotatable bonds is 6. The van der Waals surface area contributed by atoms with Gasteiger partial charge in [0.15, 0.2) is 11.5 Å². The molecule has 0 saturated carbocycles. The van der Waals surface area contributed by atoms with Gasteiger partial charge in [0.2, 0.25) is 5.13 Å². The zero-order valence-electron chi connectivity index (χ0n) is 15.6. The Morgan fingerprint density at radius 3 is 2.74 bits per heavy atom. The van der Waals surface area contributed by atoms with Crippen LogP contribution < -0.4 is 5.32 Å². The number of anilines is 1. The first kappa shape index (κ1) is 18.8. The van der Waals surface area contributed by atoms with Gasteiger partial charge < -0.3 is 0 Å². The Hall–Kier alpha value is -2.94. The van der Waals surface area contributed by atoms with Gasteiger partial charge >= 0.3 is 0 Å². The summed E-state index contributed by atoms with van der Waals surface area (Å²) in [6.45, 7) is 7.43. The van der Waals surface area contributed by atoms with Gasteiger partial charge in [0.25, 0.3) is 5.91 Å². The number of amides is 1. The van der Waals surface area contributed by atoms with Crippen molar-refractivity contribution in [3.05, 3.63) is 47.0 Å². The predicted molar refractivity (Wildman–Crippen MR) is 102 cm³/mol. The molecule has 0 fully saturated rings. The fourth-order valence-electron chi connectivity index (χ4n) is 2.67. The summed E-state index contributed by atoms with van der Waals surface area (Å²) in [5.74, 6) is -0.00347. The molecule has 0 aliphatic carbocycles. The zero-order chi connectivity index (χ0) is 19.6. The van der Waals surface area contributed by atoms with E-state index in [0.29, 0.717) is 16.6 Å². The molecule has 0 unspecified atom stereocenters. The van der Waals surface area contributed by atoms with Crippen molar-refractivity contribution < 1.29 is 9.59 Å². The number of carbonyl (C=O) groups is 2. The van der Waals surface area contributed by atoms with Gasteiger partial charge in [-0.2, -0.15) is 4.37 Å². The lowest BCUT2D eigenvalue weighted by molar-refractivity contribution is -0.116. The third-order valence-corrected chi connectivity index (χ3v) is 4.48. The molecule has 3 rings (SSSR count). The molecule has 0 aliphatic rings.